The number of alkyl halides is 1. The second-order valence-corrected chi connectivity index (χ2v) is 12.9. The van der Waals surface area contributed by atoms with Gasteiger partial charge in [0, 0.05) is 11.1 Å². The fourth-order valence-electron chi connectivity index (χ4n) is 6.64. The molecule has 258 valence electrons. The van der Waals surface area contributed by atoms with Crippen molar-refractivity contribution in [2.45, 2.75) is 69.1 Å². The van der Waals surface area contributed by atoms with E-state index in [2.05, 4.69) is 0 Å². The Hall–Kier alpha value is -3.92. The van der Waals surface area contributed by atoms with Gasteiger partial charge in [-0.15, -0.1) is 11.6 Å². The zero-order valence-electron chi connectivity index (χ0n) is 27.7. The molecule has 1 spiro atoms. The molecule has 0 unspecified atom stereocenters. The molecule has 0 N–H and O–H groups in total. The van der Waals surface area contributed by atoms with Gasteiger partial charge in [0.1, 0.15) is 30.2 Å². The maximum atomic E-state index is 15.1. The monoisotopic (exact) mass is 694 g/mol. The van der Waals surface area contributed by atoms with E-state index in [0.717, 1.165) is 22.3 Å². The number of rotatable bonds is 14. The predicted molar refractivity (Wildman–Crippen MR) is 188 cm³/mol. The summed E-state index contributed by atoms with van der Waals surface area (Å²) in [5.74, 6) is -1.86. The van der Waals surface area contributed by atoms with Crippen molar-refractivity contribution in [3.05, 3.63) is 178 Å². The van der Waals surface area contributed by atoms with Crippen LogP contribution in [-0.4, -0.2) is 31.0 Å². The normalized spacial score (nSPS) is 22.8. The summed E-state index contributed by atoms with van der Waals surface area (Å²) < 4.78 is 55.7. The van der Waals surface area contributed by atoms with Gasteiger partial charge >= 0.3 is 0 Å². The van der Waals surface area contributed by atoms with Gasteiger partial charge in [-0.2, -0.15) is 0 Å². The van der Waals surface area contributed by atoms with E-state index in [0.29, 0.717) is 36.5 Å². The molecule has 5 aromatic rings. The third kappa shape index (κ3) is 7.85. The average Bonchev–Trinajstić information content (AvgIpc) is 3.50. The van der Waals surface area contributed by atoms with Crippen LogP contribution in [0.3, 0.4) is 0 Å². The number of hydrogen-bond acceptors (Lipinski definition) is 6. The molecule has 6 nitrogen and oxygen atoms in total. The average molecular weight is 695 g/mol. The fraction of sp³-hybridized carbons (Fsp3) is 0.286. The lowest BCUT2D eigenvalue weighted by Gasteiger charge is -2.51. The highest BCUT2D eigenvalue weighted by atomic mass is 35.5. The number of fused-ring (bicyclic) bond motifs is 2. The number of hydrogen-bond donors (Lipinski definition) is 0. The summed E-state index contributed by atoms with van der Waals surface area (Å²) in [6.45, 7) is 1.53. The highest BCUT2D eigenvalue weighted by Crippen LogP contribution is 2.49. The second-order valence-electron chi connectivity index (χ2n) is 12.6. The molecular weight excluding hydrogens is 655 g/mol. The van der Waals surface area contributed by atoms with Gasteiger partial charge in [0.05, 0.1) is 45.5 Å². The Bertz CT molecular complexity index is 1800. The Labute approximate surface area is 297 Å². The molecule has 0 aromatic heterocycles. The van der Waals surface area contributed by atoms with Crippen molar-refractivity contribution in [1.82, 2.24) is 0 Å². The van der Waals surface area contributed by atoms with E-state index in [1.54, 1.807) is 6.07 Å². The smallest absolute Gasteiger partial charge is 0.226 e. The van der Waals surface area contributed by atoms with Gasteiger partial charge in [-0.05, 0) is 39.9 Å². The van der Waals surface area contributed by atoms with Crippen LogP contribution in [0, 0.1) is 5.82 Å². The summed E-state index contributed by atoms with van der Waals surface area (Å²) in [4.78, 5) is 0. The predicted octanol–water partition coefficient (Wildman–Crippen LogP) is 8.62. The molecule has 0 bridgehead atoms. The Morgan fingerprint density at radius 2 is 1.14 bits per heavy atom. The standard InChI is InChI=1S/C42H40ClFO6/c43-23-34-21-36-35(22-37(34)44)28-49-42(36)41(48-27-33-19-11-4-12-20-33)40(47-26-32-17-9-3-10-18-32)39(46-25-31-15-7-2-8-16-31)38(50-42)29-45-24-30-13-5-1-6-14-30/h1-22,38-41H,23-29H2/t38-,39+,40+,41-,42+/m1/s1. The van der Waals surface area contributed by atoms with Gasteiger partial charge < -0.3 is 28.4 Å². The molecule has 8 heteroatoms. The molecule has 0 amide bonds. The Kier molecular flexibility index (Phi) is 11.3. The maximum Gasteiger partial charge on any atom is 0.226 e. The molecule has 2 heterocycles. The van der Waals surface area contributed by atoms with Crippen molar-refractivity contribution in [2.75, 3.05) is 6.61 Å². The summed E-state index contributed by atoms with van der Waals surface area (Å²) >= 11 is 6.25. The number of benzene rings is 5. The molecule has 0 radical (unpaired) electrons. The van der Waals surface area contributed by atoms with Gasteiger partial charge in [0.25, 0.3) is 0 Å². The number of halogens is 2. The SMILES string of the molecule is Fc1cc2c(cc1CCl)[C@]1(OC2)O[C@H](COCc2ccccc2)[C@H](OCc2ccccc2)[C@H](OCc2ccccc2)[C@H]1OCc1ccccc1. The molecule has 7 rings (SSSR count). The summed E-state index contributed by atoms with van der Waals surface area (Å²) in [5, 5.41) is 0. The second kappa shape index (κ2) is 16.4. The van der Waals surface area contributed by atoms with Crippen LogP contribution in [0.4, 0.5) is 4.39 Å². The minimum absolute atomic E-state index is 0.00883. The molecule has 0 aliphatic carbocycles. The summed E-state index contributed by atoms with van der Waals surface area (Å²) in [7, 11) is 0. The summed E-state index contributed by atoms with van der Waals surface area (Å²) in [5.41, 5.74) is 5.68. The number of ether oxygens (including phenoxy) is 6. The Morgan fingerprint density at radius 1 is 0.640 bits per heavy atom. The third-order valence-corrected chi connectivity index (χ3v) is 9.45. The van der Waals surface area contributed by atoms with Crippen LogP contribution in [0.1, 0.15) is 38.9 Å². The topological polar surface area (TPSA) is 55.4 Å². The van der Waals surface area contributed by atoms with E-state index >= 15 is 4.39 Å². The lowest BCUT2D eigenvalue weighted by molar-refractivity contribution is -0.387. The first kappa shape index (κ1) is 34.5. The molecule has 0 saturated carbocycles. The zero-order valence-corrected chi connectivity index (χ0v) is 28.4. The maximum absolute atomic E-state index is 15.1. The quantitative estimate of drug-likeness (QED) is 0.109. The van der Waals surface area contributed by atoms with E-state index in [9.17, 15) is 0 Å². The van der Waals surface area contributed by atoms with Crippen molar-refractivity contribution < 1.29 is 32.8 Å². The first-order valence-corrected chi connectivity index (χ1v) is 17.4. The fourth-order valence-corrected chi connectivity index (χ4v) is 6.84. The largest absolute Gasteiger partial charge is 0.374 e. The van der Waals surface area contributed by atoms with Crippen LogP contribution in [0.25, 0.3) is 0 Å². The minimum atomic E-state index is -1.46. The minimum Gasteiger partial charge on any atom is -0.374 e. The zero-order chi connectivity index (χ0) is 34.2. The van der Waals surface area contributed by atoms with Crippen LogP contribution in [0.2, 0.25) is 0 Å². The van der Waals surface area contributed by atoms with Crippen LogP contribution >= 0.6 is 11.6 Å². The molecule has 2 aliphatic rings. The molecule has 50 heavy (non-hydrogen) atoms. The molecule has 1 saturated heterocycles. The first-order valence-electron chi connectivity index (χ1n) is 16.9. The molecular formula is C42H40ClFO6. The first-order chi connectivity index (χ1) is 24.6. The summed E-state index contributed by atoms with van der Waals surface area (Å²) in [6.07, 6.45) is -2.82. The van der Waals surface area contributed by atoms with Crippen LogP contribution in [0.15, 0.2) is 133 Å². The van der Waals surface area contributed by atoms with E-state index < -0.39 is 30.2 Å². The van der Waals surface area contributed by atoms with Crippen molar-refractivity contribution >= 4 is 11.6 Å². The summed E-state index contributed by atoms with van der Waals surface area (Å²) in [6, 6.07) is 43.1. The van der Waals surface area contributed by atoms with Crippen molar-refractivity contribution in [2.24, 2.45) is 0 Å². The van der Waals surface area contributed by atoms with Gasteiger partial charge in [0.2, 0.25) is 5.79 Å². The van der Waals surface area contributed by atoms with Gasteiger partial charge in [-0.1, -0.05) is 121 Å². The molecule has 5 aromatic carbocycles. The van der Waals surface area contributed by atoms with Gasteiger partial charge in [-0.3, -0.25) is 0 Å². The van der Waals surface area contributed by atoms with Crippen molar-refractivity contribution in [1.29, 1.82) is 0 Å². The molecule has 5 atom stereocenters. The molecule has 1 fully saturated rings. The van der Waals surface area contributed by atoms with Crippen molar-refractivity contribution in [3.63, 3.8) is 0 Å². The highest BCUT2D eigenvalue weighted by Gasteiger charge is 2.61. The lowest BCUT2D eigenvalue weighted by Crippen LogP contribution is -2.65. The van der Waals surface area contributed by atoms with E-state index in [1.807, 2.05) is 121 Å². The Morgan fingerprint density at radius 3 is 1.68 bits per heavy atom. The van der Waals surface area contributed by atoms with E-state index in [-0.39, 0.29) is 31.5 Å². The van der Waals surface area contributed by atoms with Crippen LogP contribution < -0.4 is 0 Å². The van der Waals surface area contributed by atoms with Crippen LogP contribution in [0.5, 0.6) is 0 Å². The Balaban J connectivity index is 1.30. The van der Waals surface area contributed by atoms with Gasteiger partial charge in [-0.25, -0.2) is 4.39 Å². The lowest BCUT2D eigenvalue weighted by atomic mass is 9.86. The molecule has 2 aliphatic heterocycles. The third-order valence-electron chi connectivity index (χ3n) is 9.16. The highest BCUT2D eigenvalue weighted by molar-refractivity contribution is 6.17. The van der Waals surface area contributed by atoms with E-state index in [4.69, 9.17) is 40.0 Å². The van der Waals surface area contributed by atoms with Gasteiger partial charge in [0.15, 0.2) is 0 Å². The van der Waals surface area contributed by atoms with Crippen molar-refractivity contribution in [3.8, 4) is 0 Å². The van der Waals surface area contributed by atoms with E-state index in [1.165, 1.54) is 6.07 Å². The van der Waals surface area contributed by atoms with Crippen LogP contribution in [-0.2, 0) is 73.1 Å².